The highest BCUT2D eigenvalue weighted by Gasteiger charge is 2.23. The van der Waals surface area contributed by atoms with E-state index in [1.165, 1.54) is 0 Å². The largest absolute Gasteiger partial charge is 0.386 e. The molecular weight excluding hydrogens is 322 g/mol. The Morgan fingerprint density at radius 3 is 2.54 bits per heavy atom. The van der Waals surface area contributed by atoms with Crippen molar-refractivity contribution in [3.63, 3.8) is 0 Å². The predicted molar refractivity (Wildman–Crippen MR) is 96.0 cm³/mol. The van der Waals surface area contributed by atoms with Gasteiger partial charge in [0.1, 0.15) is 6.10 Å². The molecule has 5 nitrogen and oxygen atoms in total. The van der Waals surface area contributed by atoms with Gasteiger partial charge in [0, 0.05) is 44.1 Å². The fourth-order valence-corrected chi connectivity index (χ4v) is 3.54. The first-order valence-electron chi connectivity index (χ1n) is 8.23. The number of hydrogen-bond acceptors (Lipinski definition) is 4. The molecule has 1 saturated heterocycles. The molecule has 2 heterocycles. The van der Waals surface area contributed by atoms with Gasteiger partial charge in [-0.15, -0.1) is 11.3 Å². The van der Waals surface area contributed by atoms with Gasteiger partial charge >= 0.3 is 6.03 Å². The number of aliphatic hydroxyl groups is 1. The minimum Gasteiger partial charge on any atom is -0.386 e. The van der Waals surface area contributed by atoms with Gasteiger partial charge in [-0.05, 0) is 17.0 Å². The molecule has 0 saturated carbocycles. The van der Waals surface area contributed by atoms with E-state index in [0.29, 0.717) is 26.2 Å². The zero-order valence-corrected chi connectivity index (χ0v) is 14.4. The van der Waals surface area contributed by atoms with E-state index >= 15 is 0 Å². The van der Waals surface area contributed by atoms with Crippen molar-refractivity contribution in [1.82, 2.24) is 15.1 Å². The molecule has 0 radical (unpaired) electrons. The summed E-state index contributed by atoms with van der Waals surface area (Å²) in [6, 6.07) is 13.8. The second kappa shape index (κ2) is 8.28. The molecular formula is C18H23N3O2S. The van der Waals surface area contributed by atoms with Gasteiger partial charge in [-0.25, -0.2) is 4.79 Å². The van der Waals surface area contributed by atoms with Crippen LogP contribution in [0, 0.1) is 0 Å². The molecule has 1 fully saturated rings. The van der Waals surface area contributed by atoms with Crippen LogP contribution in [0.15, 0.2) is 47.8 Å². The lowest BCUT2D eigenvalue weighted by Gasteiger charge is -2.35. The Kier molecular flexibility index (Phi) is 5.85. The first kappa shape index (κ1) is 17.0. The molecule has 1 atom stereocenters. The third kappa shape index (κ3) is 4.56. The second-order valence-electron chi connectivity index (χ2n) is 5.96. The molecule has 1 aliphatic heterocycles. The van der Waals surface area contributed by atoms with Crippen molar-refractivity contribution in [2.75, 3.05) is 32.7 Å². The van der Waals surface area contributed by atoms with Crippen LogP contribution in [0.3, 0.4) is 0 Å². The fraction of sp³-hybridized carbons (Fsp3) is 0.389. The Balaban J connectivity index is 1.40. The summed E-state index contributed by atoms with van der Waals surface area (Å²) in [5.74, 6) is 0. The van der Waals surface area contributed by atoms with Crippen LogP contribution in [-0.2, 0) is 6.54 Å². The van der Waals surface area contributed by atoms with Crippen molar-refractivity contribution in [1.29, 1.82) is 0 Å². The number of amides is 2. The van der Waals surface area contributed by atoms with Crippen molar-refractivity contribution in [2.45, 2.75) is 12.6 Å². The van der Waals surface area contributed by atoms with E-state index in [0.717, 1.165) is 23.5 Å². The van der Waals surface area contributed by atoms with Gasteiger partial charge in [-0.2, -0.15) is 0 Å². The maximum atomic E-state index is 12.2. The topological polar surface area (TPSA) is 55.8 Å². The average Bonchev–Trinajstić information content (AvgIpc) is 3.16. The van der Waals surface area contributed by atoms with Gasteiger partial charge in [0.2, 0.25) is 0 Å². The second-order valence-corrected chi connectivity index (χ2v) is 6.94. The molecule has 1 aromatic carbocycles. The number of carbonyl (C=O) groups is 1. The number of nitrogens with zero attached hydrogens (tertiary/aromatic N) is 2. The molecule has 3 rings (SSSR count). The quantitative estimate of drug-likeness (QED) is 0.874. The van der Waals surface area contributed by atoms with Crippen LogP contribution >= 0.6 is 11.3 Å². The minimum atomic E-state index is -0.441. The SMILES string of the molecule is O=C(NCc1ccccc1)N1CCN(C[C@H](O)c2cccs2)CC1. The third-order valence-electron chi connectivity index (χ3n) is 4.25. The maximum Gasteiger partial charge on any atom is 0.317 e. The molecule has 128 valence electrons. The molecule has 24 heavy (non-hydrogen) atoms. The number of piperazine rings is 1. The average molecular weight is 345 g/mol. The van der Waals surface area contributed by atoms with Gasteiger partial charge in [0.25, 0.3) is 0 Å². The number of thiophene rings is 1. The molecule has 1 aromatic heterocycles. The molecule has 0 bridgehead atoms. The summed E-state index contributed by atoms with van der Waals surface area (Å²) in [6.07, 6.45) is -0.441. The Bertz CT molecular complexity index is 625. The molecule has 6 heteroatoms. The third-order valence-corrected chi connectivity index (χ3v) is 5.22. The number of β-amino-alcohol motifs (C(OH)–C–C–N with tert-alkyl or cyclic N) is 1. The number of urea groups is 1. The van der Waals surface area contributed by atoms with Crippen molar-refractivity contribution in [3.8, 4) is 0 Å². The Labute approximate surface area is 146 Å². The summed E-state index contributed by atoms with van der Waals surface area (Å²) in [5.41, 5.74) is 1.10. The number of hydrogen-bond donors (Lipinski definition) is 2. The van der Waals surface area contributed by atoms with Gasteiger partial charge in [-0.3, -0.25) is 4.90 Å². The van der Waals surface area contributed by atoms with E-state index in [1.807, 2.05) is 52.7 Å². The predicted octanol–water partition coefficient (Wildman–Crippen LogP) is 2.31. The Morgan fingerprint density at radius 2 is 1.88 bits per heavy atom. The van der Waals surface area contributed by atoms with Crippen molar-refractivity contribution in [3.05, 3.63) is 58.3 Å². The van der Waals surface area contributed by atoms with E-state index in [1.54, 1.807) is 11.3 Å². The first-order chi connectivity index (χ1) is 11.7. The molecule has 1 aliphatic rings. The van der Waals surface area contributed by atoms with Crippen LogP contribution < -0.4 is 5.32 Å². The van der Waals surface area contributed by atoms with Crippen LogP contribution in [0.25, 0.3) is 0 Å². The summed E-state index contributed by atoms with van der Waals surface area (Å²) < 4.78 is 0. The molecule has 0 unspecified atom stereocenters. The molecule has 0 spiro atoms. The van der Waals surface area contributed by atoms with Crippen LogP contribution in [0.5, 0.6) is 0 Å². The van der Waals surface area contributed by atoms with Gasteiger partial charge in [0.15, 0.2) is 0 Å². The molecule has 2 amide bonds. The van der Waals surface area contributed by atoms with E-state index in [4.69, 9.17) is 0 Å². The van der Waals surface area contributed by atoms with E-state index in [-0.39, 0.29) is 6.03 Å². The molecule has 2 aromatic rings. The lowest BCUT2D eigenvalue weighted by atomic mass is 10.2. The van der Waals surface area contributed by atoms with Gasteiger partial charge < -0.3 is 15.3 Å². The zero-order chi connectivity index (χ0) is 16.8. The number of carbonyl (C=O) groups excluding carboxylic acids is 1. The number of rotatable bonds is 5. The standard InChI is InChI=1S/C18H23N3O2S/c22-16(17-7-4-12-24-17)14-20-8-10-21(11-9-20)18(23)19-13-15-5-2-1-3-6-15/h1-7,12,16,22H,8-11,13-14H2,(H,19,23)/t16-/m0/s1. The highest BCUT2D eigenvalue weighted by molar-refractivity contribution is 7.10. The van der Waals surface area contributed by atoms with Gasteiger partial charge in [0.05, 0.1) is 0 Å². The van der Waals surface area contributed by atoms with Crippen LogP contribution in [0.2, 0.25) is 0 Å². The van der Waals surface area contributed by atoms with Crippen LogP contribution in [-0.4, -0.2) is 53.7 Å². The smallest absolute Gasteiger partial charge is 0.317 e. The number of aliphatic hydroxyl groups excluding tert-OH is 1. The highest BCUT2D eigenvalue weighted by Crippen LogP contribution is 2.20. The summed E-state index contributed by atoms with van der Waals surface area (Å²) in [6.45, 7) is 4.15. The van der Waals surface area contributed by atoms with Crippen molar-refractivity contribution in [2.24, 2.45) is 0 Å². The highest BCUT2D eigenvalue weighted by atomic mass is 32.1. The van der Waals surface area contributed by atoms with Crippen LogP contribution in [0.1, 0.15) is 16.5 Å². The summed E-state index contributed by atoms with van der Waals surface area (Å²) in [7, 11) is 0. The van der Waals surface area contributed by atoms with E-state index in [2.05, 4.69) is 10.2 Å². The van der Waals surface area contributed by atoms with Crippen molar-refractivity contribution >= 4 is 17.4 Å². The lowest BCUT2D eigenvalue weighted by Crippen LogP contribution is -2.52. The van der Waals surface area contributed by atoms with Crippen molar-refractivity contribution < 1.29 is 9.90 Å². The molecule has 2 N–H and O–H groups in total. The summed E-state index contributed by atoms with van der Waals surface area (Å²) in [4.78, 5) is 17.3. The number of benzene rings is 1. The van der Waals surface area contributed by atoms with Gasteiger partial charge in [-0.1, -0.05) is 36.4 Å². The fourth-order valence-electron chi connectivity index (χ4n) is 2.83. The summed E-state index contributed by atoms with van der Waals surface area (Å²) >= 11 is 1.58. The minimum absolute atomic E-state index is 0.0164. The Morgan fingerprint density at radius 1 is 1.12 bits per heavy atom. The molecule has 0 aliphatic carbocycles. The van der Waals surface area contributed by atoms with Crippen LogP contribution in [0.4, 0.5) is 4.79 Å². The Hall–Kier alpha value is -1.89. The monoisotopic (exact) mass is 345 g/mol. The normalized spacial score (nSPS) is 16.8. The maximum absolute atomic E-state index is 12.2. The van der Waals surface area contributed by atoms with E-state index in [9.17, 15) is 9.90 Å². The first-order valence-corrected chi connectivity index (χ1v) is 9.11. The number of nitrogens with one attached hydrogen (secondary N) is 1. The lowest BCUT2D eigenvalue weighted by molar-refractivity contribution is 0.0826. The zero-order valence-electron chi connectivity index (χ0n) is 13.6. The summed E-state index contributed by atoms with van der Waals surface area (Å²) in [5, 5.41) is 15.2. The van der Waals surface area contributed by atoms with E-state index < -0.39 is 6.10 Å².